The van der Waals surface area contributed by atoms with Crippen molar-refractivity contribution in [3.8, 4) is 0 Å². The fourth-order valence-electron chi connectivity index (χ4n) is 1.87. The van der Waals surface area contributed by atoms with Crippen LogP contribution in [0.5, 0.6) is 0 Å². The molecule has 0 aromatic carbocycles. The van der Waals surface area contributed by atoms with Crippen molar-refractivity contribution in [1.29, 1.82) is 0 Å². The number of hydrogen-bond acceptors (Lipinski definition) is 5. The van der Waals surface area contributed by atoms with Gasteiger partial charge in [-0.25, -0.2) is 9.97 Å². The quantitative estimate of drug-likeness (QED) is 0.854. The lowest BCUT2D eigenvalue weighted by Crippen LogP contribution is -2.24. The minimum absolute atomic E-state index is 0.124. The zero-order chi connectivity index (χ0) is 12.3. The van der Waals surface area contributed by atoms with Crippen molar-refractivity contribution in [3.05, 3.63) is 23.3 Å². The second-order valence-corrected chi connectivity index (χ2v) is 4.21. The Hall–Kier alpha value is -1.04. The van der Waals surface area contributed by atoms with Crippen molar-refractivity contribution in [2.45, 2.75) is 26.0 Å². The smallest absolute Gasteiger partial charge is 0.159 e. The van der Waals surface area contributed by atoms with Crippen molar-refractivity contribution in [3.63, 3.8) is 0 Å². The first-order chi connectivity index (χ1) is 8.22. The van der Waals surface area contributed by atoms with Gasteiger partial charge in [0.25, 0.3) is 0 Å². The molecule has 1 aromatic heterocycles. The average molecular weight is 237 g/mol. The third-order valence-corrected chi connectivity index (χ3v) is 3.04. The van der Waals surface area contributed by atoms with Gasteiger partial charge in [-0.3, -0.25) is 0 Å². The van der Waals surface area contributed by atoms with E-state index in [1.54, 1.807) is 0 Å². The van der Waals surface area contributed by atoms with Gasteiger partial charge in [-0.2, -0.15) is 0 Å². The molecule has 0 amide bonds. The number of aromatic nitrogens is 2. The van der Waals surface area contributed by atoms with E-state index in [4.69, 9.17) is 9.47 Å². The Labute approximate surface area is 102 Å². The van der Waals surface area contributed by atoms with Crippen LogP contribution in [0.1, 0.15) is 36.2 Å². The summed E-state index contributed by atoms with van der Waals surface area (Å²) in [6, 6.07) is 0.257. The van der Waals surface area contributed by atoms with Crippen molar-refractivity contribution in [2.24, 2.45) is 0 Å². The summed E-state index contributed by atoms with van der Waals surface area (Å²) in [5.74, 6) is 0.717. The van der Waals surface area contributed by atoms with Crippen molar-refractivity contribution in [2.75, 3.05) is 26.9 Å². The SMILES string of the molecule is CNC(C)c1cnc(C2COCCO2)nc1C. The van der Waals surface area contributed by atoms with E-state index in [2.05, 4.69) is 22.2 Å². The zero-order valence-corrected chi connectivity index (χ0v) is 10.6. The van der Waals surface area contributed by atoms with Crippen molar-refractivity contribution in [1.82, 2.24) is 15.3 Å². The van der Waals surface area contributed by atoms with Gasteiger partial charge in [-0.15, -0.1) is 0 Å². The number of ether oxygens (including phenoxy) is 2. The maximum Gasteiger partial charge on any atom is 0.159 e. The van der Waals surface area contributed by atoms with Crippen LogP contribution in [0.25, 0.3) is 0 Å². The molecule has 2 unspecified atom stereocenters. The molecule has 5 heteroatoms. The highest BCUT2D eigenvalue weighted by Gasteiger charge is 2.20. The van der Waals surface area contributed by atoms with Crippen LogP contribution in [-0.4, -0.2) is 36.8 Å². The van der Waals surface area contributed by atoms with E-state index in [1.165, 1.54) is 0 Å². The number of rotatable bonds is 3. The highest BCUT2D eigenvalue weighted by atomic mass is 16.6. The number of nitrogens with one attached hydrogen (secondary N) is 1. The predicted octanol–water partition coefficient (Wildman–Crippen LogP) is 1.15. The molecular formula is C12H19N3O2. The monoisotopic (exact) mass is 237 g/mol. The summed E-state index contributed by atoms with van der Waals surface area (Å²) in [6.45, 7) is 5.90. The molecule has 2 heterocycles. The molecule has 1 saturated heterocycles. The van der Waals surface area contributed by atoms with Gasteiger partial charge in [-0.1, -0.05) is 0 Å². The normalized spacial score (nSPS) is 22.4. The van der Waals surface area contributed by atoms with Crippen LogP contribution in [0.4, 0.5) is 0 Å². The molecule has 0 spiro atoms. The number of hydrogen-bond donors (Lipinski definition) is 1. The lowest BCUT2D eigenvalue weighted by Gasteiger charge is -2.22. The first-order valence-electron chi connectivity index (χ1n) is 5.92. The molecule has 5 nitrogen and oxygen atoms in total. The molecule has 1 aliphatic heterocycles. The van der Waals surface area contributed by atoms with Gasteiger partial charge in [0.05, 0.1) is 19.8 Å². The Morgan fingerprint density at radius 2 is 2.29 bits per heavy atom. The lowest BCUT2D eigenvalue weighted by atomic mass is 10.1. The largest absolute Gasteiger partial charge is 0.376 e. The van der Waals surface area contributed by atoms with E-state index in [1.807, 2.05) is 20.2 Å². The fraction of sp³-hybridized carbons (Fsp3) is 0.667. The van der Waals surface area contributed by atoms with Gasteiger partial charge in [0.1, 0.15) is 6.10 Å². The average Bonchev–Trinajstić information content (AvgIpc) is 2.39. The molecule has 0 radical (unpaired) electrons. The van der Waals surface area contributed by atoms with E-state index in [0.717, 1.165) is 11.3 Å². The zero-order valence-electron chi connectivity index (χ0n) is 10.6. The van der Waals surface area contributed by atoms with Gasteiger partial charge in [0, 0.05) is 23.5 Å². The molecule has 94 valence electrons. The summed E-state index contributed by atoms with van der Waals surface area (Å²) in [5.41, 5.74) is 2.11. The van der Waals surface area contributed by atoms with Crippen LogP contribution in [0.15, 0.2) is 6.20 Å². The summed E-state index contributed by atoms with van der Waals surface area (Å²) in [5, 5.41) is 3.19. The van der Waals surface area contributed by atoms with Crippen LogP contribution in [0, 0.1) is 6.92 Å². The van der Waals surface area contributed by atoms with Gasteiger partial charge >= 0.3 is 0 Å². The molecule has 0 aliphatic carbocycles. The Morgan fingerprint density at radius 1 is 1.47 bits per heavy atom. The van der Waals surface area contributed by atoms with Crippen molar-refractivity contribution < 1.29 is 9.47 Å². The second kappa shape index (κ2) is 5.53. The summed E-state index contributed by atoms with van der Waals surface area (Å²) in [6.07, 6.45) is 1.75. The molecule has 0 bridgehead atoms. The standard InChI is InChI=1S/C12H19N3O2/c1-8(13-3)10-6-14-12(15-9(10)2)11-7-16-4-5-17-11/h6,8,11,13H,4-5,7H2,1-3H3. The first-order valence-corrected chi connectivity index (χ1v) is 5.92. The maximum atomic E-state index is 5.58. The molecule has 1 aromatic rings. The molecule has 0 saturated carbocycles. The first kappa shape index (κ1) is 12.4. The molecule has 2 atom stereocenters. The van der Waals surface area contributed by atoms with Crippen LogP contribution >= 0.6 is 0 Å². The number of nitrogens with zero attached hydrogens (tertiary/aromatic N) is 2. The minimum Gasteiger partial charge on any atom is -0.376 e. The minimum atomic E-state index is -0.124. The molecular weight excluding hydrogens is 218 g/mol. The molecule has 2 rings (SSSR count). The summed E-state index contributed by atoms with van der Waals surface area (Å²) < 4.78 is 10.9. The van der Waals surface area contributed by atoms with Gasteiger partial charge in [0.2, 0.25) is 0 Å². The molecule has 1 aliphatic rings. The number of aryl methyl sites for hydroxylation is 1. The summed E-state index contributed by atoms with van der Waals surface area (Å²) in [7, 11) is 1.93. The van der Waals surface area contributed by atoms with E-state index in [-0.39, 0.29) is 12.1 Å². The highest BCUT2D eigenvalue weighted by Crippen LogP contribution is 2.20. The Balaban J connectivity index is 2.17. The predicted molar refractivity (Wildman–Crippen MR) is 63.8 cm³/mol. The van der Waals surface area contributed by atoms with Crippen molar-refractivity contribution >= 4 is 0 Å². The highest BCUT2D eigenvalue weighted by molar-refractivity contribution is 5.20. The van der Waals surface area contributed by atoms with Crippen LogP contribution in [0.3, 0.4) is 0 Å². The third kappa shape index (κ3) is 2.80. The Morgan fingerprint density at radius 3 is 2.88 bits per heavy atom. The Bertz CT molecular complexity index is 378. The van der Waals surface area contributed by atoms with Gasteiger partial charge in [0.15, 0.2) is 5.82 Å². The Kier molecular flexibility index (Phi) is 4.04. The second-order valence-electron chi connectivity index (χ2n) is 4.21. The van der Waals surface area contributed by atoms with Gasteiger partial charge in [-0.05, 0) is 20.9 Å². The molecule has 17 heavy (non-hydrogen) atoms. The third-order valence-electron chi connectivity index (χ3n) is 3.04. The molecule has 1 N–H and O–H groups in total. The fourth-order valence-corrected chi connectivity index (χ4v) is 1.87. The van der Waals surface area contributed by atoms with E-state index in [0.29, 0.717) is 25.6 Å². The van der Waals surface area contributed by atoms with Crippen LogP contribution < -0.4 is 5.32 Å². The van der Waals surface area contributed by atoms with Crippen LogP contribution in [0.2, 0.25) is 0 Å². The summed E-state index contributed by atoms with van der Waals surface area (Å²) in [4.78, 5) is 8.89. The topological polar surface area (TPSA) is 56.3 Å². The van der Waals surface area contributed by atoms with E-state index >= 15 is 0 Å². The van der Waals surface area contributed by atoms with E-state index < -0.39 is 0 Å². The molecule has 1 fully saturated rings. The summed E-state index contributed by atoms with van der Waals surface area (Å²) >= 11 is 0. The van der Waals surface area contributed by atoms with E-state index in [9.17, 15) is 0 Å². The lowest BCUT2D eigenvalue weighted by molar-refractivity contribution is -0.0936. The maximum absolute atomic E-state index is 5.58. The van der Waals surface area contributed by atoms with Gasteiger partial charge < -0.3 is 14.8 Å². The van der Waals surface area contributed by atoms with Crippen LogP contribution in [-0.2, 0) is 9.47 Å².